The van der Waals surface area contributed by atoms with Gasteiger partial charge in [-0.3, -0.25) is 0 Å². The van der Waals surface area contributed by atoms with E-state index in [1.165, 1.54) is 16.8 Å². The number of aromatic nitrogens is 4. The molecule has 0 bridgehead atoms. The molecule has 0 radical (unpaired) electrons. The molecule has 1 saturated heterocycles. The lowest BCUT2D eigenvalue weighted by atomic mass is 10.0. The van der Waals surface area contributed by atoms with Crippen LogP contribution in [0.15, 0.2) is 30.7 Å². The van der Waals surface area contributed by atoms with Gasteiger partial charge in [-0.05, 0) is 37.8 Å². The third-order valence-corrected chi connectivity index (χ3v) is 6.29. The Morgan fingerprint density at radius 2 is 2.11 bits per heavy atom. The normalized spacial score (nSPS) is 21.8. The van der Waals surface area contributed by atoms with Gasteiger partial charge in [0.15, 0.2) is 5.65 Å². The number of hydrogen-bond acceptors (Lipinski definition) is 9. The molecule has 1 aliphatic carbocycles. The van der Waals surface area contributed by atoms with E-state index in [1.807, 2.05) is 4.90 Å². The molecule has 3 aromatic rings. The molecule has 0 aromatic carbocycles. The molecule has 2 N–H and O–H groups in total. The first-order valence-corrected chi connectivity index (χ1v) is 11.0. The SMILES string of the molecule is C[C@@H](N)COc1ncc(F)cc1C12CC1CCN2c1ccn2ncc(C(=O)OC(=O)C(F)(F)F)c2n1. The minimum atomic E-state index is -5.33. The van der Waals surface area contributed by atoms with Crippen LogP contribution in [0.4, 0.5) is 23.4 Å². The van der Waals surface area contributed by atoms with Gasteiger partial charge in [0.2, 0.25) is 5.88 Å². The van der Waals surface area contributed by atoms with E-state index in [2.05, 4.69) is 19.8 Å². The summed E-state index contributed by atoms with van der Waals surface area (Å²) in [6.45, 7) is 2.48. The maximum Gasteiger partial charge on any atom is 0.491 e. The molecule has 36 heavy (non-hydrogen) atoms. The monoisotopic (exact) mass is 508 g/mol. The number of pyridine rings is 1. The molecule has 3 atom stereocenters. The van der Waals surface area contributed by atoms with Gasteiger partial charge in [-0.25, -0.2) is 28.5 Å². The van der Waals surface area contributed by atoms with E-state index >= 15 is 0 Å². The first-order valence-electron chi connectivity index (χ1n) is 11.0. The largest absolute Gasteiger partial charge is 0.491 e. The highest BCUT2D eigenvalue weighted by Crippen LogP contribution is 2.64. The highest BCUT2D eigenvalue weighted by Gasteiger charge is 2.65. The van der Waals surface area contributed by atoms with Gasteiger partial charge in [0.05, 0.1) is 17.9 Å². The predicted octanol–water partition coefficient (Wildman–Crippen LogP) is 2.36. The summed E-state index contributed by atoms with van der Waals surface area (Å²) in [6, 6.07) is 2.71. The first kappa shape index (κ1) is 23.9. The van der Waals surface area contributed by atoms with Crippen molar-refractivity contribution < 1.29 is 36.6 Å². The standard InChI is InChI=1S/C22H20F4N6O4/c1-11(27)10-35-18-15(6-13(23)8-28-18)21-7-12(21)2-4-31(21)16-3-5-32-17(30-16)14(9-29-32)19(33)36-20(34)22(24,25)26/h3,5-6,8-9,11-12H,2,4,7,10,27H2,1H3/t11-,12?,21?/m1/s1. The number of rotatable bonds is 6. The Bertz CT molecular complexity index is 1360. The lowest BCUT2D eigenvalue weighted by Gasteiger charge is -2.31. The van der Waals surface area contributed by atoms with E-state index in [-0.39, 0.29) is 30.1 Å². The smallest absolute Gasteiger partial charge is 0.476 e. The number of nitrogens with zero attached hydrogens (tertiary/aromatic N) is 5. The average Bonchev–Trinajstić information content (AvgIpc) is 3.19. The summed E-state index contributed by atoms with van der Waals surface area (Å²) in [5.41, 5.74) is 5.15. The van der Waals surface area contributed by atoms with Crippen molar-refractivity contribution in [2.75, 3.05) is 18.1 Å². The summed E-state index contributed by atoms with van der Waals surface area (Å²) in [5, 5.41) is 3.90. The number of piperidine rings is 1. The van der Waals surface area contributed by atoms with Crippen molar-refractivity contribution in [2.24, 2.45) is 11.7 Å². The van der Waals surface area contributed by atoms with Gasteiger partial charge in [-0.1, -0.05) is 0 Å². The number of alkyl halides is 3. The molecule has 10 nitrogen and oxygen atoms in total. The second-order valence-electron chi connectivity index (χ2n) is 8.85. The van der Waals surface area contributed by atoms with Crippen LogP contribution < -0.4 is 15.4 Å². The van der Waals surface area contributed by atoms with Gasteiger partial charge in [0, 0.05) is 24.3 Å². The Labute approximate surface area is 201 Å². The van der Waals surface area contributed by atoms with Gasteiger partial charge >= 0.3 is 18.1 Å². The van der Waals surface area contributed by atoms with E-state index in [9.17, 15) is 27.2 Å². The van der Waals surface area contributed by atoms with Crippen LogP contribution in [0, 0.1) is 11.7 Å². The second kappa shape index (κ2) is 8.40. The number of halogens is 4. The zero-order valence-corrected chi connectivity index (χ0v) is 18.8. The molecule has 190 valence electrons. The van der Waals surface area contributed by atoms with Gasteiger partial charge in [0.1, 0.15) is 23.8 Å². The van der Waals surface area contributed by atoms with Gasteiger partial charge < -0.3 is 20.1 Å². The number of nitrogens with two attached hydrogens (primary N) is 1. The Kier molecular flexibility index (Phi) is 5.58. The van der Waals surface area contributed by atoms with Crippen LogP contribution in [-0.2, 0) is 15.1 Å². The minimum absolute atomic E-state index is 0.0995. The van der Waals surface area contributed by atoms with E-state index in [0.717, 1.165) is 18.8 Å². The molecule has 1 aliphatic heterocycles. The number of hydrogen-bond donors (Lipinski definition) is 1. The van der Waals surface area contributed by atoms with Crippen molar-refractivity contribution in [1.82, 2.24) is 19.6 Å². The second-order valence-corrected chi connectivity index (χ2v) is 8.85. The summed E-state index contributed by atoms with van der Waals surface area (Å²) in [6.07, 6.45) is -0.391. The van der Waals surface area contributed by atoms with Gasteiger partial charge in [-0.2, -0.15) is 18.3 Å². The Morgan fingerprint density at radius 3 is 2.81 bits per heavy atom. The molecular weight excluding hydrogens is 488 g/mol. The van der Waals surface area contributed by atoms with Crippen LogP contribution >= 0.6 is 0 Å². The molecule has 14 heteroatoms. The quantitative estimate of drug-likeness (QED) is 0.303. The molecule has 4 heterocycles. The minimum Gasteiger partial charge on any atom is -0.476 e. The van der Waals surface area contributed by atoms with E-state index in [1.54, 1.807) is 13.0 Å². The summed E-state index contributed by atoms with van der Waals surface area (Å²) >= 11 is 0. The third kappa shape index (κ3) is 4.00. The highest BCUT2D eigenvalue weighted by atomic mass is 19.4. The maximum atomic E-state index is 14.3. The average molecular weight is 508 g/mol. The van der Waals surface area contributed by atoms with Crippen molar-refractivity contribution in [2.45, 2.75) is 37.5 Å². The fraction of sp³-hybridized carbons (Fsp3) is 0.409. The number of carbonyl (C=O) groups is 2. The Morgan fingerprint density at radius 1 is 1.33 bits per heavy atom. The van der Waals surface area contributed by atoms with Crippen molar-refractivity contribution in [3.8, 4) is 5.88 Å². The van der Waals surface area contributed by atoms with Gasteiger partial charge in [0.25, 0.3) is 0 Å². The van der Waals surface area contributed by atoms with E-state index in [4.69, 9.17) is 10.5 Å². The number of ether oxygens (including phenoxy) is 2. The molecular formula is C22H20F4N6O4. The zero-order chi connectivity index (χ0) is 25.8. The number of anilines is 1. The van der Waals surface area contributed by atoms with Crippen molar-refractivity contribution in [3.05, 3.63) is 47.7 Å². The van der Waals surface area contributed by atoms with Crippen LogP contribution in [0.1, 0.15) is 35.7 Å². The fourth-order valence-electron chi connectivity index (χ4n) is 4.68. The molecule has 2 aliphatic rings. The summed E-state index contributed by atoms with van der Waals surface area (Å²) in [5.74, 6) is -3.91. The summed E-state index contributed by atoms with van der Waals surface area (Å²) in [7, 11) is 0. The Balaban J connectivity index is 1.50. The van der Waals surface area contributed by atoms with Crippen LogP contribution in [0.2, 0.25) is 0 Å². The number of fused-ring (bicyclic) bond motifs is 2. The summed E-state index contributed by atoms with van der Waals surface area (Å²) in [4.78, 5) is 33.8. The number of carbonyl (C=O) groups excluding carboxylic acids is 2. The molecule has 2 unspecified atom stereocenters. The van der Waals surface area contributed by atoms with Crippen molar-refractivity contribution >= 4 is 23.4 Å². The number of esters is 2. The molecule has 0 amide bonds. The summed E-state index contributed by atoms with van der Waals surface area (Å²) < 4.78 is 62.7. The van der Waals surface area contributed by atoms with Crippen molar-refractivity contribution in [1.29, 1.82) is 0 Å². The van der Waals surface area contributed by atoms with E-state index < -0.39 is 35.0 Å². The van der Waals surface area contributed by atoms with E-state index in [0.29, 0.717) is 24.3 Å². The van der Waals surface area contributed by atoms with Crippen LogP contribution in [0.3, 0.4) is 0 Å². The third-order valence-electron chi connectivity index (χ3n) is 6.29. The molecule has 1 saturated carbocycles. The molecule has 5 rings (SSSR count). The first-order chi connectivity index (χ1) is 17.0. The highest BCUT2D eigenvalue weighted by molar-refractivity contribution is 6.02. The predicted molar refractivity (Wildman–Crippen MR) is 115 cm³/mol. The fourth-order valence-corrected chi connectivity index (χ4v) is 4.68. The lowest BCUT2D eigenvalue weighted by Crippen LogP contribution is -2.35. The Hall–Kier alpha value is -3.81. The van der Waals surface area contributed by atoms with Crippen LogP contribution in [0.25, 0.3) is 5.65 Å². The molecule has 2 fully saturated rings. The van der Waals surface area contributed by atoms with Crippen molar-refractivity contribution in [3.63, 3.8) is 0 Å². The topological polar surface area (TPSA) is 125 Å². The zero-order valence-electron chi connectivity index (χ0n) is 18.8. The maximum absolute atomic E-state index is 14.3. The lowest BCUT2D eigenvalue weighted by molar-refractivity contribution is -0.193. The van der Waals surface area contributed by atoms with Crippen LogP contribution in [0.5, 0.6) is 5.88 Å². The van der Waals surface area contributed by atoms with Gasteiger partial charge in [-0.15, -0.1) is 0 Å². The molecule has 0 spiro atoms. The molecule has 3 aromatic heterocycles. The van der Waals surface area contributed by atoms with Crippen LogP contribution in [-0.4, -0.2) is 56.9 Å².